The summed E-state index contributed by atoms with van der Waals surface area (Å²) in [4.78, 5) is 25.2. The number of aliphatic hydroxyl groups excluding tert-OH is 1. The lowest BCUT2D eigenvalue weighted by Gasteiger charge is -2.20. The molecule has 0 spiro atoms. The molecule has 0 heterocycles. The summed E-state index contributed by atoms with van der Waals surface area (Å²) in [7, 11) is 4.89. The van der Waals surface area contributed by atoms with Crippen LogP contribution in [-0.2, 0) is 12.8 Å². The summed E-state index contributed by atoms with van der Waals surface area (Å²) in [6.45, 7) is -0.518. The zero-order chi connectivity index (χ0) is 21.4. The number of amides is 3. The normalized spacial score (nSPS) is 10.3. The molecule has 0 aromatic heterocycles. The lowest BCUT2D eigenvalue weighted by molar-refractivity contribution is 0.0783. The Hall–Kier alpha value is -3.26. The van der Waals surface area contributed by atoms with E-state index in [4.69, 9.17) is 20.3 Å². The second-order valence-corrected chi connectivity index (χ2v) is 6.30. The van der Waals surface area contributed by atoms with Crippen molar-refractivity contribution in [3.05, 3.63) is 53.1 Å². The second kappa shape index (κ2) is 10.3. The zero-order valence-corrected chi connectivity index (χ0v) is 16.9. The first-order valence-electron chi connectivity index (χ1n) is 9.19. The molecule has 2 rings (SSSR count). The minimum atomic E-state index is -0.901. The number of rotatable bonds is 9. The Kier molecular flexibility index (Phi) is 7.85. The molecular weight excluding hydrogens is 374 g/mol. The van der Waals surface area contributed by atoms with Crippen molar-refractivity contribution >= 4 is 17.6 Å². The van der Waals surface area contributed by atoms with Crippen LogP contribution in [0.25, 0.3) is 0 Å². The number of para-hydroxylation sites is 1. The minimum absolute atomic E-state index is 0.160. The van der Waals surface area contributed by atoms with E-state index in [-0.39, 0.29) is 13.2 Å². The van der Waals surface area contributed by atoms with Gasteiger partial charge >= 0.3 is 6.03 Å². The third kappa shape index (κ3) is 5.17. The van der Waals surface area contributed by atoms with E-state index in [9.17, 15) is 9.59 Å². The Morgan fingerprint density at radius 1 is 1.10 bits per heavy atom. The van der Waals surface area contributed by atoms with Crippen molar-refractivity contribution in [2.75, 3.05) is 39.7 Å². The average molecular weight is 401 g/mol. The number of carbonyl (C=O) groups excluding carboxylic acids is 2. The number of methoxy groups -OCH3 is 2. The monoisotopic (exact) mass is 401 g/mol. The van der Waals surface area contributed by atoms with Crippen LogP contribution in [0.1, 0.15) is 21.5 Å². The molecule has 156 valence electrons. The van der Waals surface area contributed by atoms with Gasteiger partial charge in [-0.1, -0.05) is 18.2 Å². The van der Waals surface area contributed by atoms with Crippen LogP contribution < -0.4 is 20.5 Å². The number of nitrogens with two attached hydrogens (primary N) is 1. The van der Waals surface area contributed by atoms with Gasteiger partial charge in [0, 0.05) is 12.7 Å². The first-order chi connectivity index (χ1) is 14.0. The maximum absolute atomic E-state index is 12.8. The Balaban J connectivity index is 2.27. The minimum Gasteiger partial charge on any atom is -0.493 e. The highest BCUT2D eigenvalue weighted by Gasteiger charge is 2.23. The van der Waals surface area contributed by atoms with Crippen molar-refractivity contribution in [3.63, 3.8) is 0 Å². The first-order valence-corrected chi connectivity index (χ1v) is 9.19. The largest absolute Gasteiger partial charge is 0.493 e. The molecule has 0 saturated heterocycles. The van der Waals surface area contributed by atoms with Crippen molar-refractivity contribution in [2.45, 2.75) is 12.8 Å². The standard InChI is InChI=1S/C21H27N3O5/c1-23-19-15(9-7-14-8-10-17(28-2)18(13-14)29-3)5-4-6-16(19)20(26)24(11-12-25)21(22)27/h4-6,8,10,13,23,25H,7,9,11-12H2,1-3H3,(H2,22,27). The molecule has 0 aliphatic heterocycles. The third-order valence-electron chi connectivity index (χ3n) is 4.60. The fraction of sp³-hybridized carbons (Fsp3) is 0.333. The van der Waals surface area contributed by atoms with Gasteiger partial charge in [-0.15, -0.1) is 0 Å². The van der Waals surface area contributed by atoms with Crippen LogP contribution in [-0.4, -0.2) is 56.4 Å². The van der Waals surface area contributed by atoms with Crippen molar-refractivity contribution in [1.82, 2.24) is 4.90 Å². The number of nitrogens with one attached hydrogen (secondary N) is 1. The molecule has 0 atom stereocenters. The Morgan fingerprint density at radius 2 is 1.83 bits per heavy atom. The number of carbonyl (C=O) groups is 2. The van der Waals surface area contributed by atoms with Gasteiger partial charge in [0.2, 0.25) is 0 Å². The molecule has 3 amide bonds. The number of urea groups is 1. The molecule has 29 heavy (non-hydrogen) atoms. The number of hydrogen-bond donors (Lipinski definition) is 3. The number of aryl methyl sites for hydroxylation is 2. The van der Waals surface area contributed by atoms with Crippen LogP contribution in [0.3, 0.4) is 0 Å². The van der Waals surface area contributed by atoms with Crippen molar-refractivity contribution in [2.24, 2.45) is 5.73 Å². The number of ether oxygens (including phenoxy) is 2. The molecule has 2 aromatic rings. The van der Waals surface area contributed by atoms with Crippen LogP contribution >= 0.6 is 0 Å². The smallest absolute Gasteiger partial charge is 0.321 e. The van der Waals surface area contributed by atoms with E-state index >= 15 is 0 Å². The summed E-state index contributed by atoms with van der Waals surface area (Å²) < 4.78 is 10.6. The van der Waals surface area contributed by atoms with Gasteiger partial charge in [-0.2, -0.15) is 0 Å². The van der Waals surface area contributed by atoms with Crippen LogP contribution in [0.15, 0.2) is 36.4 Å². The maximum Gasteiger partial charge on any atom is 0.321 e. The SMILES string of the molecule is CNc1c(CCc2ccc(OC)c(OC)c2)cccc1C(=O)N(CCO)C(N)=O. The van der Waals surface area contributed by atoms with E-state index in [1.165, 1.54) is 0 Å². The van der Waals surface area contributed by atoms with Crippen molar-refractivity contribution in [3.8, 4) is 11.5 Å². The third-order valence-corrected chi connectivity index (χ3v) is 4.60. The molecule has 8 nitrogen and oxygen atoms in total. The van der Waals surface area contributed by atoms with Crippen LogP contribution in [0, 0.1) is 0 Å². The summed E-state index contributed by atoms with van der Waals surface area (Å²) in [6, 6.07) is 10.1. The van der Waals surface area contributed by atoms with Crippen molar-refractivity contribution < 1.29 is 24.2 Å². The highest BCUT2D eigenvalue weighted by Crippen LogP contribution is 2.29. The fourth-order valence-corrected chi connectivity index (χ4v) is 3.15. The molecule has 0 unspecified atom stereocenters. The van der Waals surface area contributed by atoms with Gasteiger partial charge in [0.15, 0.2) is 11.5 Å². The van der Waals surface area contributed by atoms with E-state index in [1.54, 1.807) is 33.4 Å². The van der Waals surface area contributed by atoms with Crippen LogP contribution in [0.2, 0.25) is 0 Å². The van der Waals surface area contributed by atoms with Crippen LogP contribution in [0.4, 0.5) is 10.5 Å². The molecular formula is C21H27N3O5. The molecule has 0 radical (unpaired) electrons. The van der Waals surface area contributed by atoms with Crippen LogP contribution in [0.5, 0.6) is 11.5 Å². The second-order valence-electron chi connectivity index (χ2n) is 6.30. The van der Waals surface area contributed by atoms with E-state index < -0.39 is 11.9 Å². The average Bonchev–Trinajstić information content (AvgIpc) is 2.74. The lowest BCUT2D eigenvalue weighted by Crippen LogP contribution is -2.42. The van der Waals surface area contributed by atoms with E-state index in [0.29, 0.717) is 35.6 Å². The number of nitrogens with zero attached hydrogens (tertiary/aromatic N) is 1. The van der Waals surface area contributed by atoms with E-state index in [1.807, 2.05) is 24.3 Å². The van der Waals surface area contributed by atoms with Crippen molar-refractivity contribution in [1.29, 1.82) is 0 Å². The van der Waals surface area contributed by atoms with Gasteiger partial charge < -0.3 is 25.6 Å². The van der Waals surface area contributed by atoms with Gasteiger partial charge in [-0.3, -0.25) is 9.69 Å². The summed E-state index contributed by atoms with van der Waals surface area (Å²) in [5.74, 6) is 0.767. The molecule has 4 N–H and O–H groups in total. The first kappa shape index (κ1) is 22.0. The topological polar surface area (TPSA) is 114 Å². The highest BCUT2D eigenvalue weighted by molar-refractivity contribution is 6.07. The van der Waals surface area contributed by atoms with E-state index in [0.717, 1.165) is 16.0 Å². The number of hydrogen-bond acceptors (Lipinski definition) is 6. The fourth-order valence-electron chi connectivity index (χ4n) is 3.15. The predicted molar refractivity (Wildman–Crippen MR) is 111 cm³/mol. The van der Waals surface area contributed by atoms with Gasteiger partial charge in [-0.25, -0.2) is 4.79 Å². The summed E-state index contributed by atoms with van der Waals surface area (Å²) in [6.07, 6.45) is 1.37. The summed E-state index contributed by atoms with van der Waals surface area (Å²) in [5.41, 5.74) is 8.21. The maximum atomic E-state index is 12.8. The van der Waals surface area contributed by atoms with Gasteiger partial charge in [0.1, 0.15) is 0 Å². The number of anilines is 1. The molecule has 0 fully saturated rings. The molecule has 0 saturated carbocycles. The molecule has 0 aliphatic carbocycles. The summed E-state index contributed by atoms with van der Waals surface area (Å²) >= 11 is 0. The molecule has 0 aliphatic rings. The number of primary amides is 1. The Morgan fingerprint density at radius 3 is 2.41 bits per heavy atom. The van der Waals surface area contributed by atoms with Gasteiger partial charge in [0.05, 0.1) is 32.9 Å². The Labute approximate surface area is 170 Å². The highest BCUT2D eigenvalue weighted by atomic mass is 16.5. The number of imide groups is 1. The molecule has 0 bridgehead atoms. The molecule has 8 heteroatoms. The summed E-state index contributed by atoms with van der Waals surface area (Å²) in [5, 5.41) is 12.2. The quantitative estimate of drug-likeness (QED) is 0.592. The number of benzene rings is 2. The van der Waals surface area contributed by atoms with Gasteiger partial charge in [0.25, 0.3) is 5.91 Å². The predicted octanol–water partition coefficient (Wildman–Crippen LogP) is 2.04. The lowest BCUT2D eigenvalue weighted by atomic mass is 9.99. The van der Waals surface area contributed by atoms with E-state index in [2.05, 4.69) is 5.32 Å². The van der Waals surface area contributed by atoms with Gasteiger partial charge in [-0.05, 0) is 42.2 Å². The number of aliphatic hydroxyl groups is 1. The zero-order valence-electron chi connectivity index (χ0n) is 16.9. The Bertz CT molecular complexity index is 869. The molecule has 2 aromatic carbocycles.